The highest BCUT2D eigenvalue weighted by Gasteiger charge is 2.19. The number of carbonyl (C=O) groups is 2. The van der Waals surface area contributed by atoms with Crippen molar-refractivity contribution in [1.82, 2.24) is 9.80 Å². The van der Waals surface area contributed by atoms with Crippen LogP contribution in [0.15, 0.2) is 0 Å². The molecule has 1 saturated heterocycles. The molecule has 0 N–H and O–H groups in total. The molecule has 1 aliphatic heterocycles. The first-order valence-corrected chi connectivity index (χ1v) is 5.63. The van der Waals surface area contributed by atoms with Gasteiger partial charge in [0.2, 0.25) is 5.91 Å². The monoisotopic (exact) mass is 212 g/mol. The van der Waals surface area contributed by atoms with Crippen LogP contribution in [-0.2, 0) is 9.59 Å². The molecule has 86 valence electrons. The number of hydrogen-bond acceptors (Lipinski definition) is 3. The summed E-state index contributed by atoms with van der Waals surface area (Å²) in [6.07, 6.45) is 1.22. The van der Waals surface area contributed by atoms with Crippen molar-refractivity contribution >= 4 is 11.7 Å². The number of carbonyl (C=O) groups excluding carboxylic acids is 2. The zero-order valence-corrected chi connectivity index (χ0v) is 9.66. The number of hydrogen-bond donors (Lipinski definition) is 0. The second-order valence-electron chi connectivity index (χ2n) is 4.03. The molecule has 1 rings (SSSR count). The summed E-state index contributed by atoms with van der Waals surface area (Å²) in [5.74, 6) is 0.475. The second-order valence-corrected chi connectivity index (χ2v) is 4.03. The quantitative estimate of drug-likeness (QED) is 0.682. The van der Waals surface area contributed by atoms with Crippen LogP contribution < -0.4 is 0 Å². The normalized spacial score (nSPS) is 17.9. The van der Waals surface area contributed by atoms with Gasteiger partial charge < -0.3 is 4.90 Å². The Morgan fingerprint density at radius 3 is 2.20 bits per heavy atom. The maximum atomic E-state index is 11.4. The van der Waals surface area contributed by atoms with Gasteiger partial charge in [0, 0.05) is 45.6 Å². The molecule has 1 aliphatic rings. The third-order valence-corrected chi connectivity index (χ3v) is 2.81. The lowest BCUT2D eigenvalue weighted by molar-refractivity contribution is -0.132. The topological polar surface area (TPSA) is 40.6 Å². The molecule has 0 atom stereocenters. The minimum Gasteiger partial charge on any atom is -0.340 e. The van der Waals surface area contributed by atoms with E-state index in [2.05, 4.69) is 4.90 Å². The summed E-state index contributed by atoms with van der Waals surface area (Å²) in [5.41, 5.74) is 0. The van der Waals surface area contributed by atoms with Crippen LogP contribution in [0, 0.1) is 0 Å². The van der Waals surface area contributed by atoms with E-state index in [0.29, 0.717) is 12.8 Å². The molecule has 0 unspecified atom stereocenters. The van der Waals surface area contributed by atoms with Gasteiger partial charge in [-0.15, -0.1) is 0 Å². The zero-order valence-electron chi connectivity index (χ0n) is 9.66. The van der Waals surface area contributed by atoms with Gasteiger partial charge in [0.05, 0.1) is 0 Å². The van der Waals surface area contributed by atoms with E-state index in [0.717, 1.165) is 32.7 Å². The van der Waals surface area contributed by atoms with Gasteiger partial charge in [-0.3, -0.25) is 14.5 Å². The summed E-state index contributed by atoms with van der Waals surface area (Å²) >= 11 is 0. The molecule has 0 spiro atoms. The molecule has 0 radical (unpaired) electrons. The van der Waals surface area contributed by atoms with Crippen LogP contribution in [0.25, 0.3) is 0 Å². The highest BCUT2D eigenvalue weighted by molar-refractivity contribution is 5.76. The highest BCUT2D eigenvalue weighted by Crippen LogP contribution is 2.04. The van der Waals surface area contributed by atoms with Crippen molar-refractivity contribution in [3.63, 3.8) is 0 Å². The maximum absolute atomic E-state index is 11.4. The average Bonchev–Trinajstić information content (AvgIpc) is 2.26. The molecule has 1 fully saturated rings. The smallest absolute Gasteiger partial charge is 0.222 e. The van der Waals surface area contributed by atoms with E-state index < -0.39 is 0 Å². The SMILES string of the molecule is CCC(=O)N1CCN(CCC(C)=O)CC1. The van der Waals surface area contributed by atoms with Gasteiger partial charge in [0.15, 0.2) is 0 Å². The van der Waals surface area contributed by atoms with Gasteiger partial charge in [-0.2, -0.15) is 0 Å². The van der Waals surface area contributed by atoms with Crippen molar-refractivity contribution in [3.8, 4) is 0 Å². The van der Waals surface area contributed by atoms with E-state index in [9.17, 15) is 9.59 Å². The summed E-state index contributed by atoms with van der Waals surface area (Å²) in [6, 6.07) is 0. The van der Waals surface area contributed by atoms with Gasteiger partial charge in [-0.25, -0.2) is 0 Å². The van der Waals surface area contributed by atoms with Crippen LogP contribution in [0.3, 0.4) is 0 Å². The fraction of sp³-hybridized carbons (Fsp3) is 0.818. The number of Topliss-reactive ketones (excluding diaryl/α,β-unsaturated/α-hetero) is 1. The average molecular weight is 212 g/mol. The summed E-state index contributed by atoms with van der Waals surface area (Å²) < 4.78 is 0. The predicted molar refractivity (Wildman–Crippen MR) is 58.6 cm³/mol. The Morgan fingerprint density at radius 2 is 1.73 bits per heavy atom. The van der Waals surface area contributed by atoms with E-state index in [1.807, 2.05) is 11.8 Å². The van der Waals surface area contributed by atoms with E-state index in [1.54, 1.807) is 6.92 Å². The molecule has 0 bridgehead atoms. The largest absolute Gasteiger partial charge is 0.340 e. The summed E-state index contributed by atoms with van der Waals surface area (Å²) in [6.45, 7) is 7.78. The van der Waals surface area contributed by atoms with Crippen molar-refractivity contribution in [3.05, 3.63) is 0 Å². The number of ketones is 1. The predicted octanol–water partition coefficient (Wildman–Crippen LogP) is 0.520. The van der Waals surface area contributed by atoms with Gasteiger partial charge in [0.1, 0.15) is 5.78 Å². The van der Waals surface area contributed by atoms with E-state index in [4.69, 9.17) is 0 Å². The van der Waals surface area contributed by atoms with E-state index >= 15 is 0 Å². The van der Waals surface area contributed by atoms with Gasteiger partial charge >= 0.3 is 0 Å². The molecule has 1 heterocycles. The lowest BCUT2D eigenvalue weighted by Gasteiger charge is -2.34. The molecule has 4 heteroatoms. The standard InChI is InChI=1S/C11H20N2O2/c1-3-11(15)13-8-6-12(7-9-13)5-4-10(2)14/h3-9H2,1-2H3. The first-order chi connectivity index (χ1) is 7.13. The van der Waals surface area contributed by atoms with Crippen molar-refractivity contribution < 1.29 is 9.59 Å². The van der Waals surface area contributed by atoms with Gasteiger partial charge in [-0.1, -0.05) is 6.92 Å². The van der Waals surface area contributed by atoms with Crippen LogP contribution in [0.2, 0.25) is 0 Å². The molecule has 15 heavy (non-hydrogen) atoms. The molecule has 0 saturated carbocycles. The summed E-state index contributed by atoms with van der Waals surface area (Å²) in [5, 5.41) is 0. The molecule has 0 aromatic carbocycles. The molecule has 1 amide bonds. The number of nitrogens with zero attached hydrogens (tertiary/aromatic N) is 2. The van der Waals surface area contributed by atoms with Crippen LogP contribution in [0.5, 0.6) is 0 Å². The summed E-state index contributed by atoms with van der Waals surface area (Å²) in [4.78, 5) is 26.4. The fourth-order valence-corrected chi connectivity index (χ4v) is 1.76. The summed E-state index contributed by atoms with van der Waals surface area (Å²) in [7, 11) is 0. The van der Waals surface area contributed by atoms with Crippen molar-refractivity contribution in [2.24, 2.45) is 0 Å². The van der Waals surface area contributed by atoms with Crippen molar-refractivity contribution in [2.45, 2.75) is 26.7 Å². The minimum absolute atomic E-state index is 0.237. The molecule has 0 aromatic rings. The zero-order chi connectivity index (χ0) is 11.3. The second kappa shape index (κ2) is 5.85. The Hall–Kier alpha value is -0.900. The minimum atomic E-state index is 0.237. The Balaban J connectivity index is 2.23. The highest BCUT2D eigenvalue weighted by atomic mass is 16.2. The van der Waals surface area contributed by atoms with Crippen molar-refractivity contribution in [2.75, 3.05) is 32.7 Å². The molecular formula is C11H20N2O2. The lowest BCUT2D eigenvalue weighted by Crippen LogP contribution is -2.48. The van der Waals surface area contributed by atoms with Crippen LogP contribution in [-0.4, -0.2) is 54.2 Å². The van der Waals surface area contributed by atoms with E-state index in [1.165, 1.54) is 0 Å². The molecule has 0 aliphatic carbocycles. The van der Waals surface area contributed by atoms with Gasteiger partial charge in [0.25, 0.3) is 0 Å². The third kappa shape index (κ3) is 4.00. The van der Waals surface area contributed by atoms with E-state index in [-0.39, 0.29) is 11.7 Å². The molecular weight excluding hydrogens is 192 g/mol. The number of piperazine rings is 1. The fourth-order valence-electron chi connectivity index (χ4n) is 1.76. The Bertz CT molecular complexity index is 233. The first kappa shape index (κ1) is 12.2. The number of rotatable bonds is 4. The lowest BCUT2D eigenvalue weighted by atomic mass is 10.2. The number of amides is 1. The van der Waals surface area contributed by atoms with Crippen LogP contribution in [0.4, 0.5) is 0 Å². The molecule has 4 nitrogen and oxygen atoms in total. The Morgan fingerprint density at radius 1 is 1.13 bits per heavy atom. The van der Waals surface area contributed by atoms with Gasteiger partial charge in [-0.05, 0) is 6.92 Å². The Kier molecular flexibility index (Phi) is 4.75. The third-order valence-electron chi connectivity index (χ3n) is 2.81. The van der Waals surface area contributed by atoms with Crippen molar-refractivity contribution in [1.29, 1.82) is 0 Å². The first-order valence-electron chi connectivity index (χ1n) is 5.63. The maximum Gasteiger partial charge on any atom is 0.222 e. The Labute approximate surface area is 91.2 Å². The van der Waals surface area contributed by atoms with Crippen LogP contribution in [0.1, 0.15) is 26.7 Å². The van der Waals surface area contributed by atoms with Crippen LogP contribution >= 0.6 is 0 Å². The molecule has 0 aromatic heterocycles.